The smallest absolute Gasteiger partial charge is 0.320 e. The van der Waals surface area contributed by atoms with Crippen molar-refractivity contribution in [3.63, 3.8) is 0 Å². The van der Waals surface area contributed by atoms with E-state index in [0.717, 1.165) is 0 Å². The molecule has 6 nitrogen and oxygen atoms in total. The van der Waals surface area contributed by atoms with Gasteiger partial charge in [0, 0.05) is 6.42 Å². The van der Waals surface area contributed by atoms with Crippen molar-refractivity contribution in [2.24, 2.45) is 5.73 Å². The van der Waals surface area contributed by atoms with Crippen LogP contribution in [0.3, 0.4) is 0 Å². The minimum Gasteiger partial charge on any atom is -0.494 e. The molecule has 0 spiro atoms. The average Bonchev–Trinajstić information content (AvgIpc) is 2.30. The maximum atomic E-state index is 10.5. The molecular formula is C12H15NO5. The zero-order chi connectivity index (χ0) is 13.5. The summed E-state index contributed by atoms with van der Waals surface area (Å²) >= 11 is 0. The van der Waals surface area contributed by atoms with Crippen LogP contribution < -0.4 is 10.5 Å². The summed E-state index contributed by atoms with van der Waals surface area (Å²) in [5.41, 5.74) is 5.99. The first-order valence-corrected chi connectivity index (χ1v) is 5.41. The van der Waals surface area contributed by atoms with E-state index in [4.69, 9.17) is 20.7 Å². The fourth-order valence-corrected chi connectivity index (χ4v) is 1.31. The molecule has 0 fully saturated rings. The highest BCUT2D eigenvalue weighted by Crippen LogP contribution is 2.13. The van der Waals surface area contributed by atoms with Gasteiger partial charge in [0.25, 0.3) is 0 Å². The molecular weight excluding hydrogens is 238 g/mol. The summed E-state index contributed by atoms with van der Waals surface area (Å²) in [6.07, 6.45) is 0.177. The Morgan fingerprint density at radius 2 is 1.83 bits per heavy atom. The molecule has 0 heterocycles. The maximum Gasteiger partial charge on any atom is 0.320 e. The standard InChI is InChI=1S/C12H15NO5/c13-10(12(16)17)5-6-18-9-3-1-8(2-4-9)7-11(14)15/h1-4,10H,5-7,13H2,(H,14,15)(H,16,17). The zero-order valence-electron chi connectivity index (χ0n) is 9.70. The Labute approximate surface area is 104 Å². The summed E-state index contributed by atoms with van der Waals surface area (Å²) in [5, 5.41) is 17.2. The van der Waals surface area contributed by atoms with Crippen molar-refractivity contribution in [3.8, 4) is 5.75 Å². The molecule has 0 radical (unpaired) electrons. The molecule has 4 N–H and O–H groups in total. The van der Waals surface area contributed by atoms with Crippen molar-refractivity contribution >= 4 is 11.9 Å². The van der Waals surface area contributed by atoms with Crippen LogP contribution in [0, 0.1) is 0 Å². The van der Waals surface area contributed by atoms with Gasteiger partial charge in [-0.05, 0) is 17.7 Å². The first kappa shape index (κ1) is 14.0. The summed E-state index contributed by atoms with van der Waals surface area (Å²) in [4.78, 5) is 20.9. The van der Waals surface area contributed by atoms with E-state index in [1.807, 2.05) is 0 Å². The molecule has 1 aromatic carbocycles. The van der Waals surface area contributed by atoms with E-state index in [0.29, 0.717) is 11.3 Å². The number of rotatable bonds is 7. The molecule has 1 aromatic rings. The zero-order valence-corrected chi connectivity index (χ0v) is 9.70. The topological polar surface area (TPSA) is 110 Å². The van der Waals surface area contributed by atoms with Crippen molar-refractivity contribution in [3.05, 3.63) is 29.8 Å². The molecule has 98 valence electrons. The molecule has 1 atom stereocenters. The molecule has 0 saturated heterocycles. The fourth-order valence-electron chi connectivity index (χ4n) is 1.31. The molecule has 0 aliphatic heterocycles. The Balaban J connectivity index is 2.39. The number of carbonyl (C=O) groups is 2. The third kappa shape index (κ3) is 4.84. The number of aliphatic carboxylic acids is 2. The van der Waals surface area contributed by atoms with Crippen LogP contribution in [-0.4, -0.2) is 34.8 Å². The Hall–Kier alpha value is -2.08. The second-order valence-corrected chi connectivity index (χ2v) is 3.80. The van der Waals surface area contributed by atoms with E-state index in [9.17, 15) is 9.59 Å². The minimum atomic E-state index is -1.06. The van der Waals surface area contributed by atoms with Gasteiger partial charge in [-0.25, -0.2) is 0 Å². The summed E-state index contributed by atoms with van der Waals surface area (Å²) in [6, 6.07) is 5.66. The summed E-state index contributed by atoms with van der Waals surface area (Å²) in [6.45, 7) is 0.200. The molecule has 0 aliphatic rings. The van der Waals surface area contributed by atoms with Crippen LogP contribution in [0.15, 0.2) is 24.3 Å². The van der Waals surface area contributed by atoms with Crippen molar-refractivity contribution < 1.29 is 24.5 Å². The third-order valence-corrected chi connectivity index (χ3v) is 2.29. The minimum absolute atomic E-state index is 0.0375. The number of carboxylic acids is 2. The lowest BCUT2D eigenvalue weighted by molar-refractivity contribution is -0.139. The Bertz CT molecular complexity index is 415. The van der Waals surface area contributed by atoms with Crippen molar-refractivity contribution in [2.45, 2.75) is 18.9 Å². The van der Waals surface area contributed by atoms with Gasteiger partial charge in [0.1, 0.15) is 11.8 Å². The highest BCUT2D eigenvalue weighted by molar-refractivity contribution is 5.73. The molecule has 0 saturated carbocycles. The van der Waals surface area contributed by atoms with E-state index in [2.05, 4.69) is 0 Å². The van der Waals surface area contributed by atoms with Gasteiger partial charge >= 0.3 is 11.9 Å². The van der Waals surface area contributed by atoms with E-state index < -0.39 is 18.0 Å². The van der Waals surface area contributed by atoms with Crippen LogP contribution in [0.25, 0.3) is 0 Å². The van der Waals surface area contributed by atoms with Gasteiger partial charge in [-0.1, -0.05) is 12.1 Å². The SMILES string of the molecule is NC(CCOc1ccc(CC(=O)O)cc1)C(=O)O. The van der Waals surface area contributed by atoms with Gasteiger partial charge in [0.05, 0.1) is 13.0 Å². The average molecular weight is 253 g/mol. The van der Waals surface area contributed by atoms with Crippen LogP contribution >= 0.6 is 0 Å². The molecule has 0 bridgehead atoms. The summed E-state index contributed by atoms with van der Waals surface area (Å²) in [7, 11) is 0. The predicted molar refractivity (Wildman–Crippen MR) is 63.5 cm³/mol. The third-order valence-electron chi connectivity index (χ3n) is 2.29. The highest BCUT2D eigenvalue weighted by atomic mass is 16.5. The van der Waals surface area contributed by atoms with Gasteiger partial charge in [-0.15, -0.1) is 0 Å². The van der Waals surface area contributed by atoms with E-state index in [1.54, 1.807) is 24.3 Å². The number of hydrogen-bond acceptors (Lipinski definition) is 4. The highest BCUT2D eigenvalue weighted by Gasteiger charge is 2.10. The van der Waals surface area contributed by atoms with E-state index in [-0.39, 0.29) is 19.4 Å². The van der Waals surface area contributed by atoms with Crippen molar-refractivity contribution in [2.75, 3.05) is 6.61 Å². The normalized spacial score (nSPS) is 11.8. The molecule has 0 aliphatic carbocycles. The molecule has 1 unspecified atom stereocenters. The van der Waals surface area contributed by atoms with E-state index in [1.165, 1.54) is 0 Å². The molecule has 0 amide bonds. The lowest BCUT2D eigenvalue weighted by Crippen LogP contribution is -2.31. The van der Waals surface area contributed by atoms with Gasteiger partial charge < -0.3 is 20.7 Å². The Morgan fingerprint density at radius 1 is 1.22 bits per heavy atom. The van der Waals surface area contributed by atoms with Crippen LogP contribution in [0.5, 0.6) is 5.75 Å². The Morgan fingerprint density at radius 3 is 2.33 bits per heavy atom. The van der Waals surface area contributed by atoms with Crippen LogP contribution in [0.1, 0.15) is 12.0 Å². The van der Waals surface area contributed by atoms with Crippen LogP contribution in [0.4, 0.5) is 0 Å². The number of nitrogens with two attached hydrogens (primary N) is 1. The quantitative estimate of drug-likeness (QED) is 0.652. The number of carboxylic acid groups (broad SMARTS) is 2. The number of hydrogen-bond donors (Lipinski definition) is 3. The predicted octanol–water partition coefficient (Wildman–Crippen LogP) is 0.494. The maximum absolute atomic E-state index is 10.5. The lowest BCUT2D eigenvalue weighted by Gasteiger charge is -2.09. The summed E-state index contributed by atoms with van der Waals surface area (Å²) in [5.74, 6) is -1.40. The van der Waals surface area contributed by atoms with Gasteiger partial charge in [0.2, 0.25) is 0 Å². The first-order valence-electron chi connectivity index (χ1n) is 5.41. The fraction of sp³-hybridized carbons (Fsp3) is 0.333. The van der Waals surface area contributed by atoms with Gasteiger partial charge in [-0.2, -0.15) is 0 Å². The molecule has 1 rings (SSSR count). The number of benzene rings is 1. The monoisotopic (exact) mass is 253 g/mol. The van der Waals surface area contributed by atoms with Crippen LogP contribution in [0.2, 0.25) is 0 Å². The van der Waals surface area contributed by atoms with E-state index >= 15 is 0 Å². The Kier molecular flexibility index (Phi) is 5.13. The van der Waals surface area contributed by atoms with Gasteiger partial charge in [-0.3, -0.25) is 9.59 Å². The van der Waals surface area contributed by atoms with Gasteiger partial charge in [0.15, 0.2) is 0 Å². The molecule has 0 aromatic heterocycles. The summed E-state index contributed by atoms with van der Waals surface area (Å²) < 4.78 is 5.30. The first-order chi connectivity index (χ1) is 8.49. The molecule has 6 heteroatoms. The largest absolute Gasteiger partial charge is 0.494 e. The second-order valence-electron chi connectivity index (χ2n) is 3.80. The van der Waals surface area contributed by atoms with Crippen molar-refractivity contribution in [1.29, 1.82) is 0 Å². The number of ether oxygens (including phenoxy) is 1. The van der Waals surface area contributed by atoms with Crippen molar-refractivity contribution in [1.82, 2.24) is 0 Å². The second kappa shape index (κ2) is 6.61. The molecule has 18 heavy (non-hydrogen) atoms. The van der Waals surface area contributed by atoms with Crippen LogP contribution in [-0.2, 0) is 16.0 Å². The lowest BCUT2D eigenvalue weighted by atomic mass is 10.1.